The van der Waals surface area contributed by atoms with Crippen LogP contribution in [0.3, 0.4) is 0 Å². The van der Waals surface area contributed by atoms with Crippen molar-refractivity contribution in [3.8, 4) is 0 Å². The van der Waals surface area contributed by atoms with Crippen LogP contribution in [0.4, 0.5) is 0 Å². The third-order valence-corrected chi connectivity index (χ3v) is 3.71. The molecule has 2 heterocycles. The first-order valence-corrected chi connectivity index (χ1v) is 5.70. The van der Waals surface area contributed by atoms with Gasteiger partial charge in [0.2, 0.25) is 0 Å². The number of Topliss-reactive ketones (excluding diaryl/α,β-unsaturated/α-hetero) is 1. The van der Waals surface area contributed by atoms with Gasteiger partial charge in [0.15, 0.2) is 17.3 Å². The van der Waals surface area contributed by atoms with E-state index in [0.29, 0.717) is 11.5 Å². The zero-order chi connectivity index (χ0) is 12.5. The van der Waals surface area contributed by atoms with Crippen LogP contribution in [0.15, 0.2) is 48.0 Å². The average molecular weight is 246 g/mol. The van der Waals surface area contributed by atoms with Gasteiger partial charge >= 0.3 is 0 Å². The highest BCUT2D eigenvalue weighted by Crippen LogP contribution is 2.53. The molecule has 2 fully saturated rings. The van der Waals surface area contributed by atoms with Crippen molar-refractivity contribution < 1.29 is 24.5 Å². The Morgan fingerprint density at radius 1 is 1.00 bits per heavy atom. The summed E-state index contributed by atoms with van der Waals surface area (Å²) in [4.78, 5) is 12.4. The van der Waals surface area contributed by atoms with E-state index in [9.17, 15) is 15.0 Å². The Labute approximate surface area is 102 Å². The Morgan fingerprint density at radius 2 is 1.44 bits per heavy atom. The van der Waals surface area contributed by atoms with Gasteiger partial charge in [-0.1, -0.05) is 24.3 Å². The average Bonchev–Trinajstić information content (AvgIpc) is 3.19. The van der Waals surface area contributed by atoms with E-state index in [1.165, 1.54) is 0 Å². The number of ketones is 1. The van der Waals surface area contributed by atoms with Gasteiger partial charge in [-0.3, -0.25) is 4.79 Å². The lowest BCUT2D eigenvalue weighted by Gasteiger charge is -2.21. The molecule has 4 unspecified atom stereocenters. The summed E-state index contributed by atoms with van der Waals surface area (Å²) in [6, 6.07) is 0. The number of ether oxygens (including phenoxy) is 2. The molecule has 4 rings (SSSR count). The normalized spacial score (nSPS) is 45.9. The van der Waals surface area contributed by atoms with Crippen molar-refractivity contribution >= 4 is 5.78 Å². The first-order chi connectivity index (χ1) is 8.56. The standard InChI is InChI=1S/C13H10O5/c14-11(7-3-1-5-9-12(7,15)17-9)8-4-2-6-10-13(8,16)18-10/h1-8,15-16H. The smallest absolute Gasteiger partial charge is 0.280 e. The summed E-state index contributed by atoms with van der Waals surface area (Å²) < 4.78 is 10.1. The minimum absolute atomic E-state index is 0.321. The number of fused-ring (bicyclic) bond motifs is 2. The van der Waals surface area contributed by atoms with Crippen molar-refractivity contribution in [1.82, 2.24) is 0 Å². The van der Waals surface area contributed by atoms with Crippen LogP contribution in [0.5, 0.6) is 0 Å². The molecule has 5 heteroatoms. The molecule has 0 aromatic carbocycles. The molecule has 0 saturated carbocycles. The summed E-state index contributed by atoms with van der Waals surface area (Å²) in [6.07, 6.45) is 9.73. The Kier molecular flexibility index (Phi) is 1.55. The van der Waals surface area contributed by atoms with E-state index in [0.717, 1.165) is 0 Å². The summed E-state index contributed by atoms with van der Waals surface area (Å²) in [7, 11) is 0. The largest absolute Gasteiger partial charge is 0.451 e. The van der Waals surface area contributed by atoms with Gasteiger partial charge in [0.05, 0.1) is 0 Å². The number of hydrogen-bond acceptors (Lipinski definition) is 5. The fourth-order valence-corrected chi connectivity index (χ4v) is 2.56. The molecule has 0 aromatic heterocycles. The van der Waals surface area contributed by atoms with Gasteiger partial charge in [0.1, 0.15) is 11.8 Å². The second-order valence-electron chi connectivity index (χ2n) is 4.79. The van der Waals surface area contributed by atoms with Gasteiger partial charge in [-0.05, 0) is 12.2 Å². The molecular formula is C13H10O5. The number of carbonyl (C=O) groups excluding carboxylic acids is 1. The van der Waals surface area contributed by atoms with E-state index in [-0.39, 0.29) is 5.78 Å². The van der Waals surface area contributed by atoms with E-state index >= 15 is 0 Å². The van der Waals surface area contributed by atoms with Crippen LogP contribution in [0.2, 0.25) is 0 Å². The molecule has 18 heavy (non-hydrogen) atoms. The summed E-state index contributed by atoms with van der Waals surface area (Å²) in [5, 5.41) is 20.1. The van der Waals surface area contributed by atoms with E-state index in [1.54, 1.807) is 36.5 Å². The molecule has 0 spiro atoms. The van der Waals surface area contributed by atoms with Crippen LogP contribution in [0.25, 0.3) is 0 Å². The molecule has 2 aliphatic carbocycles. The molecule has 4 aliphatic rings. The monoisotopic (exact) mass is 246 g/mol. The fraction of sp³-hybridized carbons (Fsp3) is 0.308. The zero-order valence-corrected chi connectivity index (χ0v) is 9.24. The SMILES string of the molecule is O=C(C1C=CC=C2OC21O)C1C=CC=C2OC21O. The van der Waals surface area contributed by atoms with Crippen molar-refractivity contribution in [3.63, 3.8) is 0 Å². The molecule has 0 amide bonds. The van der Waals surface area contributed by atoms with Crippen molar-refractivity contribution in [1.29, 1.82) is 0 Å². The van der Waals surface area contributed by atoms with Crippen molar-refractivity contribution in [2.24, 2.45) is 11.8 Å². The van der Waals surface area contributed by atoms with Crippen LogP contribution in [0, 0.1) is 11.8 Å². The van der Waals surface area contributed by atoms with Gasteiger partial charge in [-0.15, -0.1) is 0 Å². The number of carbonyl (C=O) groups is 1. The molecule has 0 radical (unpaired) electrons. The third-order valence-electron chi connectivity index (χ3n) is 3.71. The lowest BCUT2D eigenvalue weighted by molar-refractivity contribution is -0.138. The number of rotatable bonds is 2. The Hall–Kier alpha value is -1.85. The van der Waals surface area contributed by atoms with E-state index in [1.807, 2.05) is 0 Å². The van der Waals surface area contributed by atoms with Crippen LogP contribution in [-0.4, -0.2) is 27.6 Å². The summed E-state index contributed by atoms with van der Waals surface area (Å²) >= 11 is 0. The summed E-state index contributed by atoms with van der Waals surface area (Å²) in [6.45, 7) is 0. The molecule has 2 aliphatic heterocycles. The molecule has 2 saturated heterocycles. The zero-order valence-electron chi connectivity index (χ0n) is 9.24. The second kappa shape index (κ2) is 2.76. The quantitative estimate of drug-likeness (QED) is 0.677. The van der Waals surface area contributed by atoms with E-state index in [2.05, 4.69) is 0 Å². The van der Waals surface area contributed by atoms with E-state index < -0.39 is 23.4 Å². The molecule has 92 valence electrons. The highest BCUT2D eigenvalue weighted by molar-refractivity contribution is 5.91. The van der Waals surface area contributed by atoms with Crippen molar-refractivity contribution in [3.05, 3.63) is 48.0 Å². The molecule has 0 bridgehead atoms. The first-order valence-electron chi connectivity index (χ1n) is 5.70. The molecule has 5 nitrogen and oxygen atoms in total. The van der Waals surface area contributed by atoms with Crippen LogP contribution < -0.4 is 0 Å². The summed E-state index contributed by atoms with van der Waals surface area (Å²) in [5.74, 6) is -4.19. The lowest BCUT2D eigenvalue weighted by Crippen LogP contribution is -2.40. The van der Waals surface area contributed by atoms with E-state index in [4.69, 9.17) is 9.47 Å². The Bertz CT molecular complexity index is 534. The molecule has 0 aromatic rings. The van der Waals surface area contributed by atoms with Gasteiger partial charge in [0, 0.05) is 0 Å². The first kappa shape index (κ1) is 10.1. The predicted octanol–water partition coefficient (Wildman–Crippen LogP) is 0.133. The number of epoxide rings is 2. The fourth-order valence-electron chi connectivity index (χ4n) is 2.56. The van der Waals surface area contributed by atoms with Gasteiger partial charge < -0.3 is 19.7 Å². The van der Waals surface area contributed by atoms with Gasteiger partial charge in [0.25, 0.3) is 11.6 Å². The van der Waals surface area contributed by atoms with Crippen LogP contribution >= 0.6 is 0 Å². The number of aliphatic hydroxyl groups is 2. The second-order valence-corrected chi connectivity index (χ2v) is 4.79. The number of hydrogen-bond donors (Lipinski definition) is 2. The number of allylic oxidation sites excluding steroid dienone is 4. The molecule has 4 atom stereocenters. The topological polar surface area (TPSA) is 82.6 Å². The van der Waals surface area contributed by atoms with Crippen LogP contribution in [-0.2, 0) is 14.3 Å². The third kappa shape index (κ3) is 1.06. The van der Waals surface area contributed by atoms with Crippen molar-refractivity contribution in [2.45, 2.75) is 11.6 Å². The van der Waals surface area contributed by atoms with Crippen LogP contribution in [0.1, 0.15) is 0 Å². The maximum atomic E-state index is 12.4. The van der Waals surface area contributed by atoms with Crippen molar-refractivity contribution in [2.75, 3.05) is 0 Å². The summed E-state index contributed by atoms with van der Waals surface area (Å²) in [5.41, 5.74) is 0. The molecule has 2 N–H and O–H groups in total. The highest BCUT2D eigenvalue weighted by atomic mass is 16.7. The molecular weight excluding hydrogens is 236 g/mol. The maximum absolute atomic E-state index is 12.4. The van der Waals surface area contributed by atoms with Gasteiger partial charge in [-0.2, -0.15) is 0 Å². The van der Waals surface area contributed by atoms with Gasteiger partial charge in [-0.25, -0.2) is 0 Å². The predicted molar refractivity (Wildman–Crippen MR) is 58.5 cm³/mol. The maximum Gasteiger partial charge on any atom is 0.280 e. The Balaban J connectivity index is 1.65. The minimum atomic E-state index is -1.52. The Morgan fingerprint density at radius 3 is 1.89 bits per heavy atom. The minimum Gasteiger partial charge on any atom is -0.451 e. The lowest BCUT2D eigenvalue weighted by atomic mass is 9.82. The highest BCUT2D eigenvalue weighted by Gasteiger charge is 2.66.